The van der Waals surface area contributed by atoms with Gasteiger partial charge < -0.3 is 10.2 Å². The van der Waals surface area contributed by atoms with Crippen LogP contribution in [-0.4, -0.2) is 66.1 Å². The van der Waals surface area contributed by atoms with Gasteiger partial charge in [0.15, 0.2) is 0 Å². The summed E-state index contributed by atoms with van der Waals surface area (Å²) in [6, 6.07) is 0. The molecule has 174 valence electrons. The first kappa shape index (κ1) is 26.9. The maximum atomic E-state index is 8.77. The van der Waals surface area contributed by atoms with Crippen molar-refractivity contribution in [1.82, 2.24) is 9.80 Å². The second kappa shape index (κ2) is 21.1. The molecule has 0 bridgehead atoms. The number of hydrogen-bond acceptors (Lipinski definition) is 4. The molecule has 1 aliphatic rings. The van der Waals surface area contributed by atoms with E-state index in [-0.39, 0.29) is 0 Å². The van der Waals surface area contributed by atoms with E-state index >= 15 is 0 Å². The second-order valence-corrected chi connectivity index (χ2v) is 9.19. The van der Waals surface area contributed by atoms with Crippen LogP contribution >= 0.6 is 0 Å². The Balaban J connectivity index is 1.79. The number of nitrogens with zero attached hydrogens (tertiary/aromatic N) is 2. The van der Waals surface area contributed by atoms with E-state index in [1.165, 1.54) is 136 Å². The molecular formula is C25H52N2O2. The molecule has 1 heterocycles. The van der Waals surface area contributed by atoms with E-state index in [9.17, 15) is 0 Å². The summed E-state index contributed by atoms with van der Waals surface area (Å²) in [5, 5.41) is 17.5. The van der Waals surface area contributed by atoms with Gasteiger partial charge in [-0.05, 0) is 38.8 Å². The monoisotopic (exact) mass is 412 g/mol. The van der Waals surface area contributed by atoms with Crippen molar-refractivity contribution in [2.45, 2.75) is 116 Å². The van der Waals surface area contributed by atoms with Crippen LogP contribution in [0.15, 0.2) is 0 Å². The number of unbranched alkanes of at least 4 members (excludes halogenated alkanes) is 16. The summed E-state index contributed by atoms with van der Waals surface area (Å²) in [5.41, 5.74) is 0. The lowest BCUT2D eigenvalue weighted by Crippen LogP contribution is -2.27. The molecule has 0 aromatic carbocycles. The van der Waals surface area contributed by atoms with E-state index in [4.69, 9.17) is 10.2 Å². The number of hydrogen-bond donors (Lipinski definition) is 2. The zero-order valence-corrected chi connectivity index (χ0v) is 19.5. The van der Waals surface area contributed by atoms with Crippen molar-refractivity contribution < 1.29 is 10.2 Å². The molecule has 0 aromatic heterocycles. The molecule has 29 heavy (non-hydrogen) atoms. The van der Waals surface area contributed by atoms with Gasteiger partial charge in [0.25, 0.3) is 0 Å². The Morgan fingerprint density at radius 2 is 0.655 bits per heavy atom. The molecule has 4 heteroatoms. The van der Waals surface area contributed by atoms with E-state index in [1.54, 1.807) is 0 Å². The predicted molar refractivity (Wildman–Crippen MR) is 125 cm³/mol. The van der Waals surface area contributed by atoms with Gasteiger partial charge in [0, 0.05) is 26.3 Å². The van der Waals surface area contributed by atoms with E-state index in [1.807, 2.05) is 0 Å². The van der Waals surface area contributed by atoms with Crippen molar-refractivity contribution in [1.29, 1.82) is 0 Å². The van der Waals surface area contributed by atoms with Crippen LogP contribution in [0.1, 0.15) is 116 Å². The van der Waals surface area contributed by atoms with Crippen LogP contribution in [0.25, 0.3) is 0 Å². The second-order valence-electron chi connectivity index (χ2n) is 9.19. The van der Waals surface area contributed by atoms with Crippen molar-refractivity contribution in [3.05, 3.63) is 0 Å². The molecule has 1 aliphatic heterocycles. The molecular weight excluding hydrogens is 360 g/mol. The maximum absolute atomic E-state index is 8.77. The topological polar surface area (TPSA) is 46.9 Å². The van der Waals surface area contributed by atoms with Gasteiger partial charge in [0.05, 0.1) is 6.67 Å². The summed E-state index contributed by atoms with van der Waals surface area (Å²) in [4.78, 5) is 5.31. The molecule has 0 saturated carbocycles. The van der Waals surface area contributed by atoms with Crippen LogP contribution in [-0.2, 0) is 0 Å². The van der Waals surface area contributed by atoms with Gasteiger partial charge in [-0.2, -0.15) is 0 Å². The normalized spacial score (nSPS) is 15.5. The summed E-state index contributed by atoms with van der Waals surface area (Å²) in [7, 11) is 0. The molecule has 0 atom stereocenters. The average molecular weight is 413 g/mol. The highest BCUT2D eigenvalue weighted by Gasteiger charge is 2.18. The van der Waals surface area contributed by atoms with Crippen LogP contribution in [0.5, 0.6) is 0 Å². The summed E-state index contributed by atoms with van der Waals surface area (Å²) in [5.74, 6) is 0. The van der Waals surface area contributed by atoms with Gasteiger partial charge in [-0.25, -0.2) is 0 Å². The minimum Gasteiger partial charge on any atom is -0.396 e. The quantitative estimate of drug-likeness (QED) is 0.228. The van der Waals surface area contributed by atoms with Crippen molar-refractivity contribution in [2.75, 3.05) is 46.1 Å². The lowest BCUT2D eigenvalue weighted by molar-refractivity contribution is 0.238. The van der Waals surface area contributed by atoms with E-state index in [0.29, 0.717) is 13.2 Å². The number of rotatable bonds is 22. The predicted octanol–water partition coefficient (Wildman–Crippen LogP) is 5.57. The van der Waals surface area contributed by atoms with Crippen LogP contribution < -0.4 is 0 Å². The largest absolute Gasteiger partial charge is 0.396 e. The van der Waals surface area contributed by atoms with Gasteiger partial charge in [-0.15, -0.1) is 0 Å². The fourth-order valence-electron chi connectivity index (χ4n) is 4.44. The standard InChI is InChI=1S/C25H52N2O2/c28-23-17-13-9-5-1-3-7-11-15-19-26-21-22-27(25-26)20-16-12-8-4-2-6-10-14-18-24-29/h28-29H,1-25H2. The third kappa shape index (κ3) is 17.2. The van der Waals surface area contributed by atoms with Gasteiger partial charge >= 0.3 is 0 Å². The van der Waals surface area contributed by atoms with Crippen molar-refractivity contribution in [3.8, 4) is 0 Å². The van der Waals surface area contributed by atoms with Crippen LogP contribution in [0.3, 0.4) is 0 Å². The summed E-state index contributed by atoms with van der Waals surface area (Å²) >= 11 is 0. The lowest BCUT2D eigenvalue weighted by Gasteiger charge is -2.18. The summed E-state index contributed by atoms with van der Waals surface area (Å²) in [6.45, 7) is 7.07. The Morgan fingerprint density at radius 3 is 0.966 bits per heavy atom. The molecule has 0 radical (unpaired) electrons. The first-order valence-electron chi connectivity index (χ1n) is 13.0. The fraction of sp³-hybridized carbons (Fsp3) is 1.00. The molecule has 0 aliphatic carbocycles. The van der Waals surface area contributed by atoms with E-state index in [0.717, 1.165) is 12.8 Å². The van der Waals surface area contributed by atoms with Crippen LogP contribution in [0.2, 0.25) is 0 Å². The number of aliphatic hydroxyl groups excluding tert-OH is 2. The number of aliphatic hydroxyl groups is 2. The summed E-state index contributed by atoms with van der Waals surface area (Å²) < 4.78 is 0. The van der Waals surface area contributed by atoms with Crippen LogP contribution in [0.4, 0.5) is 0 Å². The highest BCUT2D eigenvalue weighted by molar-refractivity contribution is 4.71. The van der Waals surface area contributed by atoms with Gasteiger partial charge in [-0.3, -0.25) is 9.80 Å². The minimum atomic E-state index is 0.362. The highest BCUT2D eigenvalue weighted by atomic mass is 16.3. The molecule has 0 amide bonds. The third-order valence-corrected chi connectivity index (χ3v) is 6.40. The molecule has 1 rings (SSSR count). The Hall–Kier alpha value is -0.160. The van der Waals surface area contributed by atoms with Crippen molar-refractivity contribution in [3.63, 3.8) is 0 Å². The van der Waals surface area contributed by atoms with E-state index in [2.05, 4.69) is 9.80 Å². The SMILES string of the molecule is OCCCCCCCCCCCN1CCN(CCCCCCCCCCCO)C1. The third-order valence-electron chi connectivity index (χ3n) is 6.40. The molecule has 1 saturated heterocycles. The molecule has 0 spiro atoms. The average Bonchev–Trinajstić information content (AvgIpc) is 3.18. The molecule has 1 fully saturated rings. The Morgan fingerprint density at radius 1 is 0.379 bits per heavy atom. The molecule has 0 aromatic rings. The first-order chi connectivity index (χ1) is 14.4. The maximum Gasteiger partial charge on any atom is 0.0507 e. The van der Waals surface area contributed by atoms with Gasteiger partial charge in [0.2, 0.25) is 0 Å². The highest BCUT2D eigenvalue weighted by Crippen LogP contribution is 2.13. The summed E-state index contributed by atoms with van der Waals surface area (Å²) in [6.07, 6.45) is 23.6. The first-order valence-corrected chi connectivity index (χ1v) is 13.0. The zero-order valence-electron chi connectivity index (χ0n) is 19.5. The van der Waals surface area contributed by atoms with Gasteiger partial charge in [-0.1, -0.05) is 89.9 Å². The Labute approximate surface area is 182 Å². The molecule has 2 N–H and O–H groups in total. The molecule has 0 unspecified atom stereocenters. The van der Waals surface area contributed by atoms with Crippen molar-refractivity contribution >= 4 is 0 Å². The fourth-order valence-corrected chi connectivity index (χ4v) is 4.44. The lowest BCUT2D eigenvalue weighted by atomic mass is 10.1. The molecule has 4 nitrogen and oxygen atoms in total. The Kier molecular flexibility index (Phi) is 19.5. The zero-order chi connectivity index (χ0) is 20.8. The van der Waals surface area contributed by atoms with Crippen molar-refractivity contribution in [2.24, 2.45) is 0 Å². The van der Waals surface area contributed by atoms with Crippen LogP contribution in [0, 0.1) is 0 Å². The Bertz CT molecular complexity index is 298. The smallest absolute Gasteiger partial charge is 0.0507 e. The minimum absolute atomic E-state index is 0.362. The van der Waals surface area contributed by atoms with E-state index < -0.39 is 0 Å². The van der Waals surface area contributed by atoms with Gasteiger partial charge in [0.1, 0.15) is 0 Å².